The summed E-state index contributed by atoms with van der Waals surface area (Å²) in [6.45, 7) is 4.83. The summed E-state index contributed by atoms with van der Waals surface area (Å²) in [5.41, 5.74) is 4.24. The molecule has 182 valence electrons. The van der Waals surface area contributed by atoms with Crippen molar-refractivity contribution >= 4 is 23.4 Å². The normalized spacial score (nSPS) is 16.7. The minimum absolute atomic E-state index is 0.0799. The highest BCUT2D eigenvalue weighted by Gasteiger charge is 2.34. The number of amides is 1. The third kappa shape index (κ3) is 4.11. The lowest BCUT2D eigenvalue weighted by molar-refractivity contribution is -0.118. The van der Waals surface area contributed by atoms with E-state index < -0.39 is 0 Å². The van der Waals surface area contributed by atoms with Crippen molar-refractivity contribution in [2.45, 2.75) is 43.3 Å². The summed E-state index contributed by atoms with van der Waals surface area (Å²) in [5.74, 6) is 2.33. The predicted molar refractivity (Wildman–Crippen MR) is 140 cm³/mol. The van der Waals surface area contributed by atoms with Gasteiger partial charge in [0.1, 0.15) is 0 Å². The van der Waals surface area contributed by atoms with Crippen molar-refractivity contribution in [2.24, 2.45) is 0 Å². The van der Waals surface area contributed by atoms with Gasteiger partial charge in [-0.05, 0) is 49.6 Å². The van der Waals surface area contributed by atoms with Gasteiger partial charge >= 0.3 is 0 Å². The summed E-state index contributed by atoms with van der Waals surface area (Å²) in [4.78, 5) is 15.5. The number of thioether (sulfide) groups is 1. The second-order valence-corrected chi connectivity index (χ2v) is 10.4. The number of benzene rings is 3. The minimum Gasteiger partial charge on any atom is -0.454 e. The minimum atomic E-state index is -0.332. The third-order valence-corrected chi connectivity index (χ3v) is 7.67. The SMILES string of the molecule is CC(Sc1nnc(-c2ccccc2)n1Cc1ccc2c(c1)OCO2)C(=O)N1c2ccccc2CC1C. The standard InChI is InChI=1S/C28H26N4O3S/c1-18-14-22-10-6-7-11-23(22)32(18)27(33)19(2)36-28-30-29-26(21-8-4-3-5-9-21)31(28)16-20-12-13-24-25(15-20)35-17-34-24/h3-13,15,18-19H,14,16-17H2,1-2H3. The van der Waals surface area contributed by atoms with Crippen LogP contribution in [0.2, 0.25) is 0 Å². The Morgan fingerprint density at radius 2 is 1.81 bits per heavy atom. The molecule has 8 heteroatoms. The number of ether oxygens (including phenoxy) is 2. The van der Waals surface area contributed by atoms with Crippen LogP contribution in [0.3, 0.4) is 0 Å². The first-order chi connectivity index (χ1) is 17.6. The molecule has 7 nitrogen and oxygen atoms in total. The van der Waals surface area contributed by atoms with Crippen LogP contribution in [0.5, 0.6) is 11.5 Å². The largest absolute Gasteiger partial charge is 0.454 e. The molecule has 2 atom stereocenters. The van der Waals surface area contributed by atoms with Gasteiger partial charge in [-0.25, -0.2) is 0 Å². The van der Waals surface area contributed by atoms with Gasteiger partial charge in [-0.15, -0.1) is 10.2 Å². The summed E-state index contributed by atoms with van der Waals surface area (Å²) in [5, 5.41) is 9.42. The highest BCUT2D eigenvalue weighted by atomic mass is 32.2. The maximum atomic E-state index is 13.6. The predicted octanol–water partition coefficient (Wildman–Crippen LogP) is 5.18. The summed E-state index contributed by atoms with van der Waals surface area (Å²) >= 11 is 1.44. The van der Waals surface area contributed by atoms with Crippen LogP contribution in [0.1, 0.15) is 25.0 Å². The molecule has 2 aliphatic heterocycles. The van der Waals surface area contributed by atoms with Gasteiger partial charge in [0.05, 0.1) is 11.8 Å². The van der Waals surface area contributed by atoms with E-state index in [4.69, 9.17) is 9.47 Å². The summed E-state index contributed by atoms with van der Waals surface area (Å²) < 4.78 is 13.1. The quantitative estimate of drug-likeness (QED) is 0.341. The van der Waals surface area contributed by atoms with E-state index in [9.17, 15) is 4.79 Å². The number of nitrogens with zero attached hydrogens (tertiary/aromatic N) is 4. The first kappa shape index (κ1) is 22.7. The molecular weight excluding hydrogens is 472 g/mol. The number of hydrogen-bond acceptors (Lipinski definition) is 6. The third-order valence-electron chi connectivity index (χ3n) is 6.60. The number of hydrogen-bond donors (Lipinski definition) is 0. The molecule has 0 N–H and O–H groups in total. The molecule has 2 aliphatic rings. The van der Waals surface area contributed by atoms with Crippen molar-refractivity contribution in [1.82, 2.24) is 14.8 Å². The monoisotopic (exact) mass is 498 g/mol. The fraction of sp³-hybridized carbons (Fsp3) is 0.250. The molecule has 2 unspecified atom stereocenters. The van der Waals surface area contributed by atoms with Gasteiger partial charge in [0, 0.05) is 17.3 Å². The van der Waals surface area contributed by atoms with Crippen molar-refractivity contribution in [3.05, 3.63) is 83.9 Å². The maximum absolute atomic E-state index is 13.6. The topological polar surface area (TPSA) is 69.5 Å². The molecule has 0 aliphatic carbocycles. The van der Waals surface area contributed by atoms with Crippen LogP contribution >= 0.6 is 11.8 Å². The van der Waals surface area contributed by atoms with Crippen molar-refractivity contribution in [3.63, 3.8) is 0 Å². The molecule has 36 heavy (non-hydrogen) atoms. The Morgan fingerprint density at radius 1 is 1.03 bits per heavy atom. The average Bonchev–Trinajstić information content (AvgIpc) is 3.60. The van der Waals surface area contributed by atoms with Crippen LogP contribution in [-0.4, -0.2) is 38.8 Å². The fourth-order valence-corrected chi connectivity index (χ4v) is 5.74. The summed E-state index contributed by atoms with van der Waals surface area (Å²) in [7, 11) is 0. The number of anilines is 1. The zero-order valence-corrected chi connectivity index (χ0v) is 20.9. The molecule has 6 rings (SSSR count). The van der Waals surface area contributed by atoms with Crippen molar-refractivity contribution in [2.75, 3.05) is 11.7 Å². The van der Waals surface area contributed by atoms with Gasteiger partial charge in [0.25, 0.3) is 0 Å². The molecule has 0 saturated carbocycles. The van der Waals surface area contributed by atoms with Gasteiger partial charge in [0.15, 0.2) is 22.5 Å². The molecule has 4 aromatic rings. The van der Waals surface area contributed by atoms with Crippen LogP contribution in [-0.2, 0) is 17.8 Å². The Morgan fingerprint density at radius 3 is 2.67 bits per heavy atom. The van der Waals surface area contributed by atoms with Crippen molar-refractivity contribution in [1.29, 1.82) is 0 Å². The second-order valence-electron chi connectivity index (χ2n) is 9.10. The zero-order valence-electron chi connectivity index (χ0n) is 20.1. The maximum Gasteiger partial charge on any atom is 0.240 e. The lowest BCUT2D eigenvalue weighted by Crippen LogP contribution is -2.40. The average molecular weight is 499 g/mol. The van der Waals surface area contributed by atoms with Gasteiger partial charge in [-0.2, -0.15) is 0 Å². The Bertz CT molecular complexity index is 1420. The molecular formula is C28H26N4O3S. The Labute approximate surface area is 214 Å². The van der Waals surface area contributed by atoms with Crippen LogP contribution in [0.15, 0.2) is 78.0 Å². The molecule has 0 saturated heterocycles. The Balaban J connectivity index is 1.31. The van der Waals surface area contributed by atoms with Gasteiger partial charge < -0.3 is 14.4 Å². The van der Waals surface area contributed by atoms with E-state index in [0.29, 0.717) is 11.7 Å². The highest BCUT2D eigenvalue weighted by Crippen LogP contribution is 2.36. The molecule has 1 amide bonds. The molecule has 3 heterocycles. The van der Waals surface area contributed by atoms with Crippen LogP contribution < -0.4 is 14.4 Å². The lowest BCUT2D eigenvalue weighted by Gasteiger charge is -2.25. The molecule has 0 bridgehead atoms. The second kappa shape index (κ2) is 9.35. The molecule has 0 radical (unpaired) electrons. The van der Waals surface area contributed by atoms with Gasteiger partial charge in [-0.1, -0.05) is 66.4 Å². The molecule has 3 aromatic carbocycles. The molecule has 1 aromatic heterocycles. The van der Waals surface area contributed by atoms with Crippen LogP contribution in [0.25, 0.3) is 11.4 Å². The van der Waals surface area contributed by atoms with E-state index in [0.717, 1.165) is 40.6 Å². The smallest absolute Gasteiger partial charge is 0.240 e. The van der Waals surface area contributed by atoms with Crippen molar-refractivity contribution in [3.8, 4) is 22.9 Å². The molecule has 0 spiro atoms. The van der Waals surface area contributed by atoms with E-state index in [1.165, 1.54) is 17.3 Å². The first-order valence-corrected chi connectivity index (χ1v) is 12.9. The van der Waals surface area contributed by atoms with Crippen LogP contribution in [0, 0.1) is 0 Å². The fourth-order valence-electron chi connectivity index (χ4n) is 4.85. The number of fused-ring (bicyclic) bond motifs is 2. The van der Waals surface area contributed by atoms with E-state index >= 15 is 0 Å². The Kier molecular flexibility index (Phi) is 5.89. The number of carbonyl (C=O) groups is 1. The Hall–Kier alpha value is -3.78. The van der Waals surface area contributed by atoms with Crippen LogP contribution in [0.4, 0.5) is 5.69 Å². The van der Waals surface area contributed by atoms with Gasteiger partial charge in [0.2, 0.25) is 12.7 Å². The van der Waals surface area contributed by atoms with E-state index in [1.807, 2.05) is 78.6 Å². The number of rotatable bonds is 6. The summed E-state index contributed by atoms with van der Waals surface area (Å²) in [6, 6.07) is 24.2. The highest BCUT2D eigenvalue weighted by molar-refractivity contribution is 8.00. The molecule has 0 fully saturated rings. The lowest BCUT2D eigenvalue weighted by atomic mass is 10.1. The summed E-state index contributed by atoms with van der Waals surface area (Å²) in [6.07, 6.45) is 0.873. The van der Waals surface area contributed by atoms with Gasteiger partial charge in [-0.3, -0.25) is 9.36 Å². The van der Waals surface area contributed by atoms with E-state index in [1.54, 1.807) is 0 Å². The number of aromatic nitrogens is 3. The number of carbonyl (C=O) groups excluding carboxylic acids is 1. The zero-order chi connectivity index (χ0) is 24.6. The number of para-hydroxylation sites is 1. The van der Waals surface area contributed by atoms with E-state index in [-0.39, 0.29) is 24.0 Å². The van der Waals surface area contributed by atoms with Crippen molar-refractivity contribution < 1.29 is 14.3 Å². The first-order valence-electron chi connectivity index (χ1n) is 12.0. The van der Waals surface area contributed by atoms with E-state index in [2.05, 4.69) is 27.8 Å².